The fraction of sp³-hybridized carbons (Fsp3) is 0.923. The number of aliphatic hydroxyl groups excluding tert-OH is 1. The highest BCUT2D eigenvalue weighted by Crippen LogP contribution is 2.25. The van der Waals surface area contributed by atoms with Gasteiger partial charge >= 0.3 is 0 Å². The number of nitrogens with one attached hydrogen (secondary N) is 2. The first-order chi connectivity index (χ1) is 7.94. The molecule has 100 valence electrons. The summed E-state index contributed by atoms with van der Waals surface area (Å²) >= 11 is 0. The lowest BCUT2D eigenvalue weighted by Gasteiger charge is -2.33. The van der Waals surface area contributed by atoms with Crippen LogP contribution < -0.4 is 10.6 Å². The van der Waals surface area contributed by atoms with Crippen LogP contribution in [-0.4, -0.2) is 36.8 Å². The molecule has 3 N–H and O–H groups in total. The van der Waals surface area contributed by atoms with Gasteiger partial charge in [0.1, 0.15) is 0 Å². The molecule has 1 amide bonds. The van der Waals surface area contributed by atoms with Crippen molar-refractivity contribution in [2.45, 2.75) is 46.1 Å². The third-order valence-corrected chi connectivity index (χ3v) is 3.39. The molecule has 0 radical (unpaired) electrons. The maximum absolute atomic E-state index is 12.0. The van der Waals surface area contributed by atoms with Gasteiger partial charge in [-0.15, -0.1) is 0 Å². The number of amides is 1. The molecule has 0 saturated carbocycles. The molecule has 2 unspecified atom stereocenters. The maximum Gasteiger partial charge on any atom is 0.227 e. The van der Waals surface area contributed by atoms with Crippen LogP contribution in [0.4, 0.5) is 0 Å². The molecule has 1 saturated heterocycles. The standard InChI is InChI=1S/C13H26N2O2/c1-10(2)7-11(16)8-15-12(17)13(3)5-4-6-14-9-13/h10-11,14,16H,4-9H2,1-3H3,(H,15,17). The molecule has 1 fully saturated rings. The lowest BCUT2D eigenvalue weighted by atomic mass is 9.82. The van der Waals surface area contributed by atoms with Crippen molar-refractivity contribution in [1.29, 1.82) is 0 Å². The molecule has 2 atom stereocenters. The minimum atomic E-state index is -0.431. The molecule has 1 aliphatic rings. The van der Waals surface area contributed by atoms with Crippen molar-refractivity contribution < 1.29 is 9.90 Å². The molecule has 1 heterocycles. The van der Waals surface area contributed by atoms with Gasteiger partial charge in [-0.05, 0) is 38.6 Å². The fourth-order valence-corrected chi connectivity index (χ4v) is 2.30. The molecule has 0 aromatic heterocycles. The van der Waals surface area contributed by atoms with E-state index in [4.69, 9.17) is 0 Å². The molecular formula is C13H26N2O2. The van der Waals surface area contributed by atoms with Gasteiger partial charge in [0.05, 0.1) is 11.5 Å². The van der Waals surface area contributed by atoms with E-state index in [1.54, 1.807) is 0 Å². The lowest BCUT2D eigenvalue weighted by molar-refractivity contribution is -0.131. The van der Waals surface area contributed by atoms with Crippen molar-refractivity contribution in [3.8, 4) is 0 Å². The van der Waals surface area contributed by atoms with Crippen LogP contribution in [0.15, 0.2) is 0 Å². The van der Waals surface area contributed by atoms with Gasteiger partial charge in [0.15, 0.2) is 0 Å². The molecule has 1 aliphatic heterocycles. The average molecular weight is 242 g/mol. The largest absolute Gasteiger partial charge is 0.391 e. The Morgan fingerprint density at radius 3 is 2.76 bits per heavy atom. The summed E-state index contributed by atoms with van der Waals surface area (Å²) in [4.78, 5) is 12.0. The fourth-order valence-electron chi connectivity index (χ4n) is 2.30. The van der Waals surface area contributed by atoms with Crippen LogP contribution in [0.2, 0.25) is 0 Å². The Hall–Kier alpha value is -0.610. The third-order valence-electron chi connectivity index (χ3n) is 3.39. The van der Waals surface area contributed by atoms with E-state index >= 15 is 0 Å². The summed E-state index contributed by atoms with van der Waals surface area (Å²) in [7, 11) is 0. The predicted octanol–water partition coefficient (Wildman–Crippen LogP) is 0.899. The van der Waals surface area contributed by atoms with Crippen molar-refractivity contribution in [2.75, 3.05) is 19.6 Å². The monoisotopic (exact) mass is 242 g/mol. The van der Waals surface area contributed by atoms with Crippen molar-refractivity contribution in [3.63, 3.8) is 0 Å². The Bertz CT molecular complexity index is 248. The minimum Gasteiger partial charge on any atom is -0.391 e. The highest BCUT2D eigenvalue weighted by Gasteiger charge is 2.34. The zero-order chi connectivity index (χ0) is 12.9. The van der Waals surface area contributed by atoms with E-state index in [2.05, 4.69) is 24.5 Å². The van der Waals surface area contributed by atoms with Crippen LogP contribution in [0.5, 0.6) is 0 Å². The second-order valence-corrected chi connectivity index (χ2v) is 5.83. The van der Waals surface area contributed by atoms with Gasteiger partial charge in [-0.2, -0.15) is 0 Å². The predicted molar refractivity (Wildman–Crippen MR) is 68.7 cm³/mol. The summed E-state index contributed by atoms with van der Waals surface area (Å²) in [6.07, 6.45) is 2.26. The van der Waals surface area contributed by atoms with Crippen LogP contribution in [0.1, 0.15) is 40.0 Å². The number of hydrogen-bond donors (Lipinski definition) is 3. The number of aliphatic hydroxyl groups is 1. The van der Waals surface area contributed by atoms with E-state index in [-0.39, 0.29) is 11.3 Å². The van der Waals surface area contributed by atoms with Crippen LogP contribution in [0.25, 0.3) is 0 Å². The summed E-state index contributed by atoms with van der Waals surface area (Å²) in [6, 6.07) is 0. The SMILES string of the molecule is CC(C)CC(O)CNC(=O)C1(C)CCCNC1. The summed E-state index contributed by atoms with van der Waals surface area (Å²) in [6.45, 7) is 8.22. The van der Waals surface area contributed by atoms with Crippen LogP contribution in [0.3, 0.4) is 0 Å². The highest BCUT2D eigenvalue weighted by atomic mass is 16.3. The first-order valence-corrected chi connectivity index (χ1v) is 6.61. The molecule has 0 aromatic rings. The van der Waals surface area contributed by atoms with E-state index in [0.29, 0.717) is 12.5 Å². The molecule has 4 nitrogen and oxygen atoms in total. The molecular weight excluding hydrogens is 216 g/mol. The van der Waals surface area contributed by atoms with Crippen molar-refractivity contribution in [2.24, 2.45) is 11.3 Å². The Morgan fingerprint density at radius 2 is 2.24 bits per heavy atom. The van der Waals surface area contributed by atoms with Gasteiger partial charge in [-0.1, -0.05) is 13.8 Å². The number of hydrogen-bond acceptors (Lipinski definition) is 3. The smallest absolute Gasteiger partial charge is 0.227 e. The second-order valence-electron chi connectivity index (χ2n) is 5.83. The molecule has 0 aromatic carbocycles. The molecule has 0 spiro atoms. The summed E-state index contributed by atoms with van der Waals surface area (Å²) in [5.74, 6) is 0.515. The van der Waals surface area contributed by atoms with Gasteiger partial charge < -0.3 is 15.7 Å². The molecule has 17 heavy (non-hydrogen) atoms. The lowest BCUT2D eigenvalue weighted by Crippen LogP contribution is -2.50. The number of carbonyl (C=O) groups excluding carboxylic acids is 1. The first kappa shape index (κ1) is 14.5. The van der Waals surface area contributed by atoms with Crippen LogP contribution in [-0.2, 0) is 4.79 Å². The highest BCUT2D eigenvalue weighted by molar-refractivity contribution is 5.82. The van der Waals surface area contributed by atoms with E-state index in [0.717, 1.165) is 32.4 Å². The van der Waals surface area contributed by atoms with Crippen molar-refractivity contribution in [1.82, 2.24) is 10.6 Å². The van der Waals surface area contributed by atoms with Gasteiger partial charge in [0.25, 0.3) is 0 Å². The molecule has 0 bridgehead atoms. The Morgan fingerprint density at radius 1 is 1.53 bits per heavy atom. The number of rotatable bonds is 5. The molecule has 4 heteroatoms. The summed E-state index contributed by atoms with van der Waals surface area (Å²) < 4.78 is 0. The Balaban J connectivity index is 2.33. The van der Waals surface area contributed by atoms with Gasteiger partial charge in [-0.3, -0.25) is 4.79 Å². The third kappa shape index (κ3) is 4.64. The Labute approximate surface area is 104 Å². The van der Waals surface area contributed by atoms with Crippen LogP contribution in [0, 0.1) is 11.3 Å². The zero-order valence-corrected chi connectivity index (χ0v) is 11.3. The van der Waals surface area contributed by atoms with Gasteiger partial charge in [0, 0.05) is 13.1 Å². The van der Waals surface area contributed by atoms with Gasteiger partial charge in [-0.25, -0.2) is 0 Å². The minimum absolute atomic E-state index is 0.0625. The summed E-state index contributed by atoms with van der Waals surface area (Å²) in [5, 5.41) is 15.8. The molecule has 1 rings (SSSR count). The molecule has 0 aliphatic carbocycles. The van der Waals surface area contributed by atoms with Crippen molar-refractivity contribution >= 4 is 5.91 Å². The second kappa shape index (κ2) is 6.36. The van der Waals surface area contributed by atoms with Gasteiger partial charge in [0.2, 0.25) is 5.91 Å². The average Bonchev–Trinajstić information content (AvgIpc) is 2.26. The zero-order valence-electron chi connectivity index (χ0n) is 11.3. The number of carbonyl (C=O) groups is 1. The first-order valence-electron chi connectivity index (χ1n) is 6.61. The van der Waals surface area contributed by atoms with E-state index in [9.17, 15) is 9.90 Å². The van der Waals surface area contributed by atoms with Crippen molar-refractivity contribution in [3.05, 3.63) is 0 Å². The quantitative estimate of drug-likeness (QED) is 0.671. The normalized spacial score (nSPS) is 26.9. The van der Waals surface area contributed by atoms with Crippen LogP contribution >= 0.6 is 0 Å². The van der Waals surface area contributed by atoms with E-state index in [1.165, 1.54) is 0 Å². The van der Waals surface area contributed by atoms with E-state index in [1.807, 2.05) is 6.92 Å². The topological polar surface area (TPSA) is 61.4 Å². The number of piperidine rings is 1. The Kier molecular flexibility index (Phi) is 5.40. The summed E-state index contributed by atoms with van der Waals surface area (Å²) in [5.41, 5.74) is -0.310. The van der Waals surface area contributed by atoms with E-state index < -0.39 is 6.10 Å². The maximum atomic E-state index is 12.0.